The van der Waals surface area contributed by atoms with Gasteiger partial charge in [-0.05, 0) is 43.2 Å². The third-order valence-electron chi connectivity index (χ3n) is 3.90. The van der Waals surface area contributed by atoms with Gasteiger partial charge in [0.05, 0.1) is 6.61 Å². The van der Waals surface area contributed by atoms with Crippen LogP contribution in [0.4, 0.5) is 0 Å². The second kappa shape index (κ2) is 9.95. The summed E-state index contributed by atoms with van der Waals surface area (Å²) in [7, 11) is 3.22. The highest BCUT2D eigenvalue weighted by molar-refractivity contribution is 9.10. The van der Waals surface area contributed by atoms with Crippen molar-refractivity contribution in [1.82, 2.24) is 4.90 Å². The highest BCUT2D eigenvalue weighted by Crippen LogP contribution is 2.35. The lowest BCUT2D eigenvalue weighted by Crippen LogP contribution is -2.22. The number of benzene rings is 2. The van der Waals surface area contributed by atoms with Crippen molar-refractivity contribution < 1.29 is 14.3 Å². The van der Waals surface area contributed by atoms with Gasteiger partial charge in [0.1, 0.15) is 18.2 Å². The van der Waals surface area contributed by atoms with E-state index in [9.17, 15) is 10.1 Å². The summed E-state index contributed by atoms with van der Waals surface area (Å²) in [5.41, 5.74) is 2.94. The van der Waals surface area contributed by atoms with Gasteiger partial charge in [0.15, 0.2) is 11.5 Å². The Labute approximate surface area is 174 Å². The molecule has 0 aliphatic heterocycles. The average molecular weight is 443 g/mol. The van der Waals surface area contributed by atoms with Crippen molar-refractivity contribution in [1.29, 1.82) is 5.26 Å². The molecule has 0 unspecified atom stereocenters. The zero-order chi connectivity index (χ0) is 20.7. The number of ether oxygens (including phenoxy) is 2. The molecule has 0 spiro atoms. The molecular formula is C22H23BrN2O3. The lowest BCUT2D eigenvalue weighted by molar-refractivity contribution is -0.124. The van der Waals surface area contributed by atoms with Crippen molar-refractivity contribution in [3.63, 3.8) is 0 Å². The molecule has 0 saturated carbocycles. The fraction of sp³-hybridized carbons (Fsp3) is 0.273. The van der Waals surface area contributed by atoms with Crippen LogP contribution in [-0.2, 0) is 11.4 Å². The highest BCUT2D eigenvalue weighted by atomic mass is 79.9. The third kappa shape index (κ3) is 5.61. The minimum Gasteiger partial charge on any atom is -0.490 e. The molecule has 0 N–H and O–H groups in total. The standard InChI is InChI=1S/C22H23BrN2O3/c1-5-27-20-11-17(10-18(13-24)22(26)25(3)4)19(23)12-21(20)28-14-16-8-6-7-15(2)9-16/h6-12H,5,14H2,1-4H3/b18-10-. The number of nitrogens with zero attached hydrogens (tertiary/aromatic N) is 2. The van der Waals surface area contributed by atoms with Crippen molar-refractivity contribution >= 4 is 27.9 Å². The molecule has 0 atom stereocenters. The van der Waals surface area contributed by atoms with Crippen LogP contribution in [-0.4, -0.2) is 31.5 Å². The fourth-order valence-electron chi connectivity index (χ4n) is 2.54. The topological polar surface area (TPSA) is 62.6 Å². The Bertz CT molecular complexity index is 930. The molecule has 28 heavy (non-hydrogen) atoms. The summed E-state index contributed by atoms with van der Waals surface area (Å²) in [6.45, 7) is 4.80. The van der Waals surface area contributed by atoms with Crippen molar-refractivity contribution in [2.45, 2.75) is 20.5 Å². The Morgan fingerprint density at radius 3 is 2.54 bits per heavy atom. The van der Waals surface area contributed by atoms with Crippen molar-refractivity contribution in [3.8, 4) is 17.6 Å². The summed E-state index contributed by atoms with van der Waals surface area (Å²) in [6, 6.07) is 13.6. The molecule has 0 heterocycles. The van der Waals surface area contributed by atoms with Gasteiger partial charge in [-0.2, -0.15) is 5.26 Å². The maximum absolute atomic E-state index is 12.1. The zero-order valence-electron chi connectivity index (χ0n) is 16.5. The first-order valence-corrected chi connectivity index (χ1v) is 9.63. The van der Waals surface area contributed by atoms with Crippen LogP contribution in [0.2, 0.25) is 0 Å². The molecule has 0 aliphatic carbocycles. The lowest BCUT2D eigenvalue weighted by Gasteiger charge is -2.15. The first-order valence-electron chi connectivity index (χ1n) is 8.83. The smallest absolute Gasteiger partial charge is 0.264 e. The number of carbonyl (C=O) groups excluding carboxylic acids is 1. The van der Waals surface area contributed by atoms with E-state index in [4.69, 9.17) is 9.47 Å². The monoisotopic (exact) mass is 442 g/mol. The number of rotatable bonds is 7. The molecule has 0 aromatic heterocycles. The van der Waals surface area contributed by atoms with Crippen LogP contribution in [0.3, 0.4) is 0 Å². The van der Waals surface area contributed by atoms with Crippen LogP contribution >= 0.6 is 15.9 Å². The summed E-state index contributed by atoms with van der Waals surface area (Å²) in [5.74, 6) is 0.788. The number of hydrogen-bond acceptors (Lipinski definition) is 4. The number of carbonyl (C=O) groups is 1. The Hall–Kier alpha value is -2.78. The van der Waals surface area contributed by atoms with Crippen molar-refractivity contribution in [3.05, 3.63) is 63.1 Å². The van der Waals surface area contributed by atoms with Crippen LogP contribution in [0.15, 0.2) is 46.4 Å². The van der Waals surface area contributed by atoms with Crippen LogP contribution in [0.1, 0.15) is 23.6 Å². The van der Waals surface area contributed by atoms with Crippen LogP contribution in [0.25, 0.3) is 6.08 Å². The van der Waals surface area contributed by atoms with E-state index in [1.807, 2.05) is 38.1 Å². The largest absolute Gasteiger partial charge is 0.490 e. The molecule has 2 rings (SSSR count). The van der Waals surface area contributed by atoms with Gasteiger partial charge in [0.2, 0.25) is 0 Å². The third-order valence-corrected chi connectivity index (χ3v) is 4.58. The molecule has 2 aromatic rings. The number of nitriles is 1. The van der Waals surface area contributed by atoms with Gasteiger partial charge >= 0.3 is 0 Å². The van der Waals surface area contributed by atoms with Gasteiger partial charge in [-0.15, -0.1) is 0 Å². The zero-order valence-corrected chi connectivity index (χ0v) is 18.0. The molecule has 1 amide bonds. The van der Waals surface area contributed by atoms with Crippen LogP contribution in [0, 0.1) is 18.3 Å². The first kappa shape index (κ1) is 21.5. The maximum atomic E-state index is 12.1. The quantitative estimate of drug-likeness (QED) is 0.459. The molecule has 0 aliphatic rings. The van der Waals surface area contributed by atoms with Gasteiger partial charge in [-0.25, -0.2) is 0 Å². The minimum absolute atomic E-state index is 0.0431. The molecular weight excluding hydrogens is 420 g/mol. The van der Waals surface area contributed by atoms with E-state index < -0.39 is 0 Å². The predicted molar refractivity (Wildman–Crippen MR) is 113 cm³/mol. The average Bonchev–Trinajstić information content (AvgIpc) is 2.66. The molecule has 6 heteroatoms. The molecule has 2 aromatic carbocycles. The van der Waals surface area contributed by atoms with E-state index >= 15 is 0 Å². The minimum atomic E-state index is -0.355. The van der Waals surface area contributed by atoms with Crippen LogP contribution in [0.5, 0.6) is 11.5 Å². The SMILES string of the molecule is CCOc1cc(/C=C(/C#N)C(=O)N(C)C)c(Br)cc1OCc1cccc(C)c1. The second-order valence-corrected chi connectivity index (χ2v) is 7.25. The fourth-order valence-corrected chi connectivity index (χ4v) is 2.98. The van der Waals surface area contributed by atoms with Gasteiger partial charge in [0, 0.05) is 18.6 Å². The Morgan fingerprint density at radius 1 is 1.21 bits per heavy atom. The molecule has 0 saturated heterocycles. The van der Waals surface area contributed by atoms with E-state index in [1.54, 1.807) is 32.3 Å². The highest BCUT2D eigenvalue weighted by Gasteiger charge is 2.15. The second-order valence-electron chi connectivity index (χ2n) is 6.40. The van der Waals surface area contributed by atoms with Crippen molar-refractivity contribution in [2.75, 3.05) is 20.7 Å². The summed E-state index contributed by atoms with van der Waals surface area (Å²) in [4.78, 5) is 13.5. The number of amides is 1. The lowest BCUT2D eigenvalue weighted by atomic mass is 10.1. The number of aryl methyl sites for hydroxylation is 1. The Morgan fingerprint density at radius 2 is 1.93 bits per heavy atom. The molecule has 0 fully saturated rings. The molecule has 0 bridgehead atoms. The Kier molecular flexibility index (Phi) is 7.65. The van der Waals surface area contributed by atoms with Gasteiger partial charge in [0.25, 0.3) is 5.91 Å². The maximum Gasteiger partial charge on any atom is 0.264 e. The van der Waals surface area contributed by atoms with E-state index in [0.717, 1.165) is 5.56 Å². The van der Waals surface area contributed by atoms with E-state index in [1.165, 1.54) is 10.5 Å². The van der Waals surface area contributed by atoms with Crippen LogP contribution < -0.4 is 9.47 Å². The predicted octanol–water partition coefficient (Wildman–Crippen LogP) is 4.73. The Balaban J connectivity index is 2.35. The first-order chi connectivity index (χ1) is 13.3. The molecule has 0 radical (unpaired) electrons. The summed E-state index contributed by atoms with van der Waals surface area (Å²) < 4.78 is 12.4. The van der Waals surface area contributed by atoms with Gasteiger partial charge in [-0.1, -0.05) is 45.8 Å². The molecule has 146 valence electrons. The van der Waals surface area contributed by atoms with E-state index in [0.29, 0.717) is 34.7 Å². The normalized spacial score (nSPS) is 10.9. The summed E-state index contributed by atoms with van der Waals surface area (Å²) >= 11 is 3.50. The van der Waals surface area contributed by atoms with E-state index in [-0.39, 0.29) is 11.5 Å². The van der Waals surface area contributed by atoms with Crippen molar-refractivity contribution in [2.24, 2.45) is 0 Å². The molecule has 5 nitrogen and oxygen atoms in total. The number of hydrogen-bond donors (Lipinski definition) is 0. The summed E-state index contributed by atoms with van der Waals surface area (Å²) in [5, 5.41) is 9.32. The summed E-state index contributed by atoms with van der Waals surface area (Å²) in [6.07, 6.45) is 1.54. The van der Waals surface area contributed by atoms with E-state index in [2.05, 4.69) is 22.0 Å². The number of likely N-dealkylation sites (N-methyl/N-ethyl adjacent to an activating group) is 1. The van der Waals surface area contributed by atoms with Gasteiger partial charge in [-0.3, -0.25) is 4.79 Å². The van der Waals surface area contributed by atoms with Gasteiger partial charge < -0.3 is 14.4 Å². The number of halogens is 1.